The summed E-state index contributed by atoms with van der Waals surface area (Å²) in [6.07, 6.45) is 2.88. The quantitative estimate of drug-likeness (QED) is 0.863. The van der Waals surface area contributed by atoms with E-state index in [1.807, 2.05) is 19.1 Å². The number of aromatic nitrogens is 1. The monoisotopic (exact) mass is 312 g/mol. The molecule has 1 aromatic heterocycles. The van der Waals surface area contributed by atoms with E-state index in [1.54, 1.807) is 11.1 Å². The van der Waals surface area contributed by atoms with E-state index < -0.39 is 10.0 Å². The number of rotatable bonds is 3. The summed E-state index contributed by atoms with van der Waals surface area (Å²) in [5, 5.41) is 2.82. The largest absolute Gasteiger partial charge is 0.332 e. The molecular formula is C13H20N4O3S. The molecular weight excluding hydrogens is 292 g/mol. The molecule has 0 spiro atoms. The minimum atomic E-state index is -3.17. The van der Waals surface area contributed by atoms with Crippen LogP contribution in [0.25, 0.3) is 0 Å². The lowest BCUT2D eigenvalue weighted by atomic mass is 10.2. The summed E-state index contributed by atoms with van der Waals surface area (Å²) in [6.45, 7) is 3.81. The van der Waals surface area contributed by atoms with Gasteiger partial charge >= 0.3 is 6.03 Å². The molecule has 21 heavy (non-hydrogen) atoms. The Morgan fingerprint density at radius 3 is 2.57 bits per heavy atom. The van der Waals surface area contributed by atoms with E-state index in [2.05, 4.69) is 10.3 Å². The van der Waals surface area contributed by atoms with Crippen LogP contribution in [0, 0.1) is 6.92 Å². The van der Waals surface area contributed by atoms with Crippen LogP contribution in [0.3, 0.4) is 0 Å². The molecule has 0 aliphatic carbocycles. The average Bonchev–Trinajstić information content (AvgIpc) is 2.45. The van der Waals surface area contributed by atoms with Crippen molar-refractivity contribution in [2.75, 3.05) is 32.4 Å². The van der Waals surface area contributed by atoms with E-state index in [0.29, 0.717) is 32.7 Å². The van der Waals surface area contributed by atoms with E-state index in [-0.39, 0.29) is 6.03 Å². The highest BCUT2D eigenvalue weighted by Gasteiger charge is 2.25. The number of hydrogen-bond donors (Lipinski definition) is 1. The molecule has 0 atom stereocenters. The molecule has 1 saturated heterocycles. The Kier molecular flexibility index (Phi) is 4.79. The molecule has 116 valence electrons. The number of pyridine rings is 1. The van der Waals surface area contributed by atoms with Crippen LogP contribution in [0.1, 0.15) is 11.3 Å². The van der Waals surface area contributed by atoms with Crippen LogP contribution in [0.2, 0.25) is 0 Å². The van der Waals surface area contributed by atoms with E-state index in [4.69, 9.17) is 0 Å². The maximum absolute atomic E-state index is 12.1. The topological polar surface area (TPSA) is 82.6 Å². The molecule has 0 aromatic carbocycles. The van der Waals surface area contributed by atoms with Gasteiger partial charge in [-0.25, -0.2) is 13.2 Å². The number of carbonyl (C=O) groups excluding carboxylic acids is 1. The fraction of sp³-hybridized carbons (Fsp3) is 0.538. The summed E-state index contributed by atoms with van der Waals surface area (Å²) in [4.78, 5) is 17.9. The van der Waals surface area contributed by atoms with Gasteiger partial charge < -0.3 is 10.2 Å². The Labute approximate surface area is 125 Å². The third-order valence-electron chi connectivity index (χ3n) is 3.52. The van der Waals surface area contributed by atoms with Gasteiger partial charge in [0, 0.05) is 32.4 Å². The van der Waals surface area contributed by atoms with Gasteiger partial charge in [0.25, 0.3) is 0 Å². The predicted molar refractivity (Wildman–Crippen MR) is 79.2 cm³/mol. The maximum atomic E-state index is 12.1. The van der Waals surface area contributed by atoms with Crippen LogP contribution in [0.15, 0.2) is 18.3 Å². The smallest absolute Gasteiger partial charge is 0.317 e. The zero-order valence-electron chi connectivity index (χ0n) is 12.2. The van der Waals surface area contributed by atoms with Gasteiger partial charge in [-0.1, -0.05) is 6.07 Å². The molecule has 2 heterocycles. The Morgan fingerprint density at radius 1 is 1.33 bits per heavy atom. The van der Waals surface area contributed by atoms with Gasteiger partial charge in [-0.05, 0) is 18.6 Å². The number of carbonyl (C=O) groups is 1. The second-order valence-electron chi connectivity index (χ2n) is 5.07. The van der Waals surface area contributed by atoms with Gasteiger partial charge in [-0.15, -0.1) is 0 Å². The van der Waals surface area contributed by atoms with Gasteiger partial charge in [0.15, 0.2) is 0 Å². The van der Waals surface area contributed by atoms with Crippen LogP contribution >= 0.6 is 0 Å². The zero-order chi connectivity index (χ0) is 15.5. The highest BCUT2D eigenvalue weighted by molar-refractivity contribution is 7.88. The van der Waals surface area contributed by atoms with Gasteiger partial charge in [0.1, 0.15) is 0 Å². The predicted octanol–water partition coefficient (Wildman–Crippen LogP) is 0.177. The third kappa shape index (κ3) is 4.15. The van der Waals surface area contributed by atoms with E-state index in [1.165, 1.54) is 10.6 Å². The number of hydrogen-bond acceptors (Lipinski definition) is 4. The highest BCUT2D eigenvalue weighted by Crippen LogP contribution is 2.07. The van der Waals surface area contributed by atoms with E-state index in [0.717, 1.165) is 11.3 Å². The lowest BCUT2D eigenvalue weighted by Gasteiger charge is -2.33. The number of amides is 2. The molecule has 0 unspecified atom stereocenters. The molecule has 8 heteroatoms. The minimum absolute atomic E-state index is 0.187. The molecule has 7 nitrogen and oxygen atoms in total. The summed E-state index contributed by atoms with van der Waals surface area (Å²) < 4.78 is 24.2. The second-order valence-corrected chi connectivity index (χ2v) is 7.06. The molecule has 1 fully saturated rings. The van der Waals surface area contributed by atoms with Crippen molar-refractivity contribution >= 4 is 16.1 Å². The molecule has 0 saturated carbocycles. The average molecular weight is 312 g/mol. The molecule has 1 N–H and O–H groups in total. The molecule has 0 bridgehead atoms. The Balaban J connectivity index is 1.84. The van der Waals surface area contributed by atoms with Gasteiger partial charge in [0.2, 0.25) is 10.0 Å². The van der Waals surface area contributed by atoms with Crippen molar-refractivity contribution < 1.29 is 13.2 Å². The summed E-state index contributed by atoms with van der Waals surface area (Å²) >= 11 is 0. The summed E-state index contributed by atoms with van der Waals surface area (Å²) in [5.41, 5.74) is 1.86. The van der Waals surface area contributed by atoms with Crippen molar-refractivity contribution in [1.29, 1.82) is 0 Å². The standard InChI is InChI=1S/C13H20N4O3S/c1-11-4-3-5-14-12(11)10-15-13(18)16-6-8-17(9-7-16)21(2,19)20/h3-5H,6-10H2,1-2H3,(H,15,18). The van der Waals surface area contributed by atoms with Gasteiger partial charge in [-0.3, -0.25) is 4.98 Å². The maximum Gasteiger partial charge on any atom is 0.317 e. The Hall–Kier alpha value is -1.67. The van der Waals surface area contributed by atoms with E-state index in [9.17, 15) is 13.2 Å². The Bertz CT molecular complexity index is 610. The van der Waals surface area contributed by atoms with Gasteiger partial charge in [-0.2, -0.15) is 4.31 Å². The fourth-order valence-electron chi connectivity index (χ4n) is 2.20. The summed E-state index contributed by atoms with van der Waals surface area (Å²) in [5.74, 6) is 0. The SMILES string of the molecule is Cc1cccnc1CNC(=O)N1CCN(S(C)(=O)=O)CC1. The number of piperazine rings is 1. The zero-order valence-corrected chi connectivity index (χ0v) is 13.1. The molecule has 2 amide bonds. The first-order chi connectivity index (χ1) is 9.88. The molecule has 0 radical (unpaired) electrons. The Morgan fingerprint density at radius 2 is 2.00 bits per heavy atom. The first-order valence-corrected chi connectivity index (χ1v) is 8.61. The molecule has 1 aliphatic rings. The number of nitrogens with one attached hydrogen (secondary N) is 1. The van der Waals surface area contributed by atoms with Crippen molar-refractivity contribution in [3.05, 3.63) is 29.6 Å². The fourth-order valence-corrected chi connectivity index (χ4v) is 3.02. The molecule has 1 aromatic rings. The minimum Gasteiger partial charge on any atom is -0.332 e. The number of nitrogens with zero attached hydrogens (tertiary/aromatic N) is 3. The number of aryl methyl sites for hydroxylation is 1. The highest BCUT2D eigenvalue weighted by atomic mass is 32.2. The van der Waals surface area contributed by atoms with Crippen LogP contribution in [-0.4, -0.2) is 61.1 Å². The van der Waals surface area contributed by atoms with Crippen molar-refractivity contribution in [3.63, 3.8) is 0 Å². The number of sulfonamides is 1. The second kappa shape index (κ2) is 6.40. The summed E-state index contributed by atoms with van der Waals surface area (Å²) in [6, 6.07) is 3.61. The summed E-state index contributed by atoms with van der Waals surface area (Å²) in [7, 11) is -3.17. The van der Waals surface area contributed by atoms with E-state index >= 15 is 0 Å². The van der Waals surface area contributed by atoms with Crippen molar-refractivity contribution in [2.24, 2.45) is 0 Å². The lowest BCUT2D eigenvalue weighted by molar-refractivity contribution is 0.172. The van der Waals surface area contributed by atoms with Crippen molar-refractivity contribution in [1.82, 2.24) is 19.5 Å². The van der Waals surface area contributed by atoms with Crippen LogP contribution in [0.4, 0.5) is 4.79 Å². The first-order valence-electron chi connectivity index (χ1n) is 6.76. The van der Waals surface area contributed by atoms with Crippen LogP contribution < -0.4 is 5.32 Å². The van der Waals surface area contributed by atoms with Gasteiger partial charge in [0.05, 0.1) is 18.5 Å². The number of urea groups is 1. The third-order valence-corrected chi connectivity index (χ3v) is 4.82. The van der Waals surface area contributed by atoms with Crippen molar-refractivity contribution in [2.45, 2.75) is 13.5 Å². The molecule has 1 aliphatic heterocycles. The van der Waals surface area contributed by atoms with Crippen LogP contribution in [0.5, 0.6) is 0 Å². The van der Waals surface area contributed by atoms with Crippen LogP contribution in [-0.2, 0) is 16.6 Å². The lowest BCUT2D eigenvalue weighted by Crippen LogP contribution is -2.52. The first kappa shape index (κ1) is 15.7. The molecule has 2 rings (SSSR count). The van der Waals surface area contributed by atoms with Crippen molar-refractivity contribution in [3.8, 4) is 0 Å². The normalized spacial score (nSPS) is 16.8.